The fourth-order valence-corrected chi connectivity index (χ4v) is 2.13. The minimum Gasteiger partial charge on any atom is -0.507 e. The predicted octanol–water partition coefficient (Wildman–Crippen LogP) is 3.48. The molecular weight excluding hydrogens is 236 g/mol. The first kappa shape index (κ1) is 11.2. The summed E-state index contributed by atoms with van der Waals surface area (Å²) in [5.74, 6) is -0.000513. The van der Waals surface area contributed by atoms with Gasteiger partial charge >= 0.3 is 0 Å². The largest absolute Gasteiger partial charge is 0.507 e. The molecule has 19 heavy (non-hydrogen) atoms. The molecule has 3 heteroatoms. The number of nitriles is 1. The Morgan fingerprint density at radius 3 is 2.74 bits per heavy atom. The van der Waals surface area contributed by atoms with Crippen molar-refractivity contribution in [2.45, 2.75) is 0 Å². The number of nitrogens with zero attached hydrogens (tertiary/aromatic N) is 2. The number of pyridine rings is 1. The fourth-order valence-electron chi connectivity index (χ4n) is 2.13. The predicted molar refractivity (Wildman–Crippen MR) is 73.6 cm³/mol. The molecule has 0 atom stereocenters. The number of rotatable bonds is 1. The highest BCUT2D eigenvalue weighted by Crippen LogP contribution is 2.29. The second kappa shape index (κ2) is 4.43. The molecule has 0 aliphatic rings. The van der Waals surface area contributed by atoms with Crippen molar-refractivity contribution in [1.82, 2.24) is 4.98 Å². The first-order valence-corrected chi connectivity index (χ1v) is 5.87. The van der Waals surface area contributed by atoms with Gasteiger partial charge in [-0.25, -0.2) is 0 Å². The second-order valence-electron chi connectivity index (χ2n) is 4.22. The highest BCUT2D eigenvalue weighted by Gasteiger charge is 2.07. The first-order valence-electron chi connectivity index (χ1n) is 5.87. The van der Waals surface area contributed by atoms with Crippen LogP contribution in [0.15, 0.2) is 54.7 Å². The van der Waals surface area contributed by atoms with Crippen molar-refractivity contribution in [3.8, 4) is 22.9 Å². The van der Waals surface area contributed by atoms with E-state index in [-0.39, 0.29) is 11.3 Å². The van der Waals surface area contributed by atoms with Gasteiger partial charge < -0.3 is 5.11 Å². The Balaban J connectivity index is 2.28. The van der Waals surface area contributed by atoms with E-state index in [1.54, 1.807) is 18.3 Å². The van der Waals surface area contributed by atoms with Crippen LogP contribution < -0.4 is 0 Å². The van der Waals surface area contributed by atoms with Crippen LogP contribution in [0.2, 0.25) is 0 Å². The molecule has 1 aromatic heterocycles. The molecular formula is C16H10N2O. The lowest BCUT2D eigenvalue weighted by Crippen LogP contribution is -1.86. The van der Waals surface area contributed by atoms with Crippen LogP contribution in [-0.4, -0.2) is 10.1 Å². The molecule has 3 nitrogen and oxygen atoms in total. The Hall–Kier alpha value is -2.86. The quantitative estimate of drug-likeness (QED) is 0.715. The summed E-state index contributed by atoms with van der Waals surface area (Å²) in [7, 11) is 0. The van der Waals surface area contributed by atoms with Crippen LogP contribution in [0.25, 0.3) is 22.0 Å². The number of phenols is 1. The van der Waals surface area contributed by atoms with Crippen LogP contribution in [0.5, 0.6) is 5.75 Å². The molecule has 0 spiro atoms. The molecule has 3 rings (SSSR count). The fraction of sp³-hybridized carbons (Fsp3) is 0. The van der Waals surface area contributed by atoms with E-state index in [4.69, 9.17) is 5.26 Å². The van der Waals surface area contributed by atoms with Crippen molar-refractivity contribution in [1.29, 1.82) is 5.26 Å². The minimum atomic E-state index is -0.000513. The molecule has 0 unspecified atom stereocenters. The summed E-state index contributed by atoms with van der Waals surface area (Å²) in [6, 6.07) is 16.8. The third kappa shape index (κ3) is 1.90. The van der Waals surface area contributed by atoms with Crippen LogP contribution in [0.3, 0.4) is 0 Å². The number of fused-ring (bicyclic) bond motifs is 1. The molecule has 1 heterocycles. The number of phenolic OH excluding ortho intramolecular Hbond substituents is 1. The van der Waals surface area contributed by atoms with Gasteiger partial charge in [0.25, 0.3) is 0 Å². The molecule has 0 bridgehead atoms. The molecule has 0 aliphatic carbocycles. The zero-order chi connectivity index (χ0) is 13.2. The summed E-state index contributed by atoms with van der Waals surface area (Å²) in [6.45, 7) is 0. The van der Waals surface area contributed by atoms with Crippen LogP contribution in [0.1, 0.15) is 5.56 Å². The van der Waals surface area contributed by atoms with Crippen molar-refractivity contribution >= 4 is 10.9 Å². The third-order valence-corrected chi connectivity index (χ3v) is 3.06. The Morgan fingerprint density at radius 2 is 1.89 bits per heavy atom. The molecule has 0 amide bonds. The van der Waals surface area contributed by atoms with Gasteiger partial charge in [-0.05, 0) is 23.8 Å². The average molecular weight is 246 g/mol. The van der Waals surface area contributed by atoms with E-state index < -0.39 is 0 Å². The number of aromatic nitrogens is 1. The highest BCUT2D eigenvalue weighted by molar-refractivity contribution is 5.93. The molecule has 2 aromatic carbocycles. The number of aromatic hydroxyl groups is 1. The monoisotopic (exact) mass is 246 g/mol. The van der Waals surface area contributed by atoms with E-state index >= 15 is 0 Å². The van der Waals surface area contributed by atoms with Crippen molar-refractivity contribution < 1.29 is 5.11 Å². The Labute approximate surface area is 110 Å². The van der Waals surface area contributed by atoms with Gasteiger partial charge in [-0.2, -0.15) is 5.26 Å². The Kier molecular flexibility index (Phi) is 2.62. The van der Waals surface area contributed by atoms with Gasteiger partial charge in [0.15, 0.2) is 0 Å². The summed E-state index contributed by atoms with van der Waals surface area (Å²) in [5, 5.41) is 19.6. The lowest BCUT2D eigenvalue weighted by atomic mass is 10.00. The smallest absolute Gasteiger partial charge is 0.133 e. The maximum atomic E-state index is 9.56. The van der Waals surface area contributed by atoms with Gasteiger partial charge in [0.2, 0.25) is 0 Å². The van der Waals surface area contributed by atoms with E-state index in [1.165, 1.54) is 6.07 Å². The molecule has 1 N–H and O–H groups in total. The van der Waals surface area contributed by atoms with Crippen molar-refractivity contribution in [2.75, 3.05) is 0 Å². The molecule has 0 saturated heterocycles. The van der Waals surface area contributed by atoms with E-state index in [9.17, 15) is 5.11 Å². The summed E-state index contributed by atoms with van der Waals surface area (Å²) in [4.78, 5) is 4.39. The lowest BCUT2D eigenvalue weighted by molar-refractivity contribution is 0.473. The van der Waals surface area contributed by atoms with Gasteiger partial charge in [0.1, 0.15) is 11.8 Å². The van der Waals surface area contributed by atoms with Crippen molar-refractivity contribution in [3.05, 3.63) is 60.3 Å². The second-order valence-corrected chi connectivity index (χ2v) is 4.22. The number of hydrogen-bond acceptors (Lipinski definition) is 3. The Morgan fingerprint density at radius 1 is 1.05 bits per heavy atom. The SMILES string of the molecule is N#Cc1cc(-c2cccc3cccnc23)ccc1O. The summed E-state index contributed by atoms with van der Waals surface area (Å²) < 4.78 is 0. The minimum absolute atomic E-state index is 0.000513. The summed E-state index contributed by atoms with van der Waals surface area (Å²) >= 11 is 0. The van der Waals surface area contributed by atoms with Gasteiger partial charge in [-0.3, -0.25) is 4.98 Å². The maximum Gasteiger partial charge on any atom is 0.133 e. The molecule has 3 aromatic rings. The molecule has 0 saturated carbocycles. The van der Waals surface area contributed by atoms with Crippen LogP contribution in [-0.2, 0) is 0 Å². The van der Waals surface area contributed by atoms with Crippen LogP contribution in [0.4, 0.5) is 0 Å². The lowest BCUT2D eigenvalue weighted by Gasteiger charge is -2.06. The van der Waals surface area contributed by atoms with Crippen molar-refractivity contribution in [2.24, 2.45) is 0 Å². The Bertz CT molecular complexity index is 798. The van der Waals surface area contributed by atoms with Gasteiger partial charge in [-0.15, -0.1) is 0 Å². The summed E-state index contributed by atoms with van der Waals surface area (Å²) in [6.07, 6.45) is 1.75. The maximum absolute atomic E-state index is 9.56. The number of benzene rings is 2. The van der Waals surface area contributed by atoms with Gasteiger partial charge in [0.05, 0.1) is 11.1 Å². The number of para-hydroxylation sites is 1. The van der Waals surface area contributed by atoms with E-state index in [0.717, 1.165) is 22.0 Å². The standard InChI is InChI=1S/C16H10N2O/c17-10-13-9-12(6-7-15(13)19)14-5-1-3-11-4-2-8-18-16(11)14/h1-9,19H. The topological polar surface area (TPSA) is 56.9 Å². The van der Waals surface area contributed by atoms with Gasteiger partial charge in [0, 0.05) is 17.1 Å². The molecule has 0 radical (unpaired) electrons. The zero-order valence-corrected chi connectivity index (χ0v) is 10.0. The molecule has 90 valence electrons. The highest BCUT2D eigenvalue weighted by atomic mass is 16.3. The van der Waals surface area contributed by atoms with Crippen LogP contribution in [0, 0.1) is 11.3 Å². The van der Waals surface area contributed by atoms with Gasteiger partial charge in [-0.1, -0.05) is 30.3 Å². The number of hydrogen-bond donors (Lipinski definition) is 1. The average Bonchev–Trinajstić information content (AvgIpc) is 2.47. The van der Waals surface area contributed by atoms with Crippen molar-refractivity contribution in [3.63, 3.8) is 0 Å². The summed E-state index contributed by atoms with van der Waals surface area (Å²) in [5.41, 5.74) is 2.98. The van der Waals surface area contributed by atoms with E-state index in [1.807, 2.05) is 36.4 Å². The zero-order valence-electron chi connectivity index (χ0n) is 10.0. The molecule has 0 aliphatic heterocycles. The van der Waals surface area contributed by atoms with Crippen LogP contribution >= 0.6 is 0 Å². The first-order chi connectivity index (χ1) is 9.29. The normalized spacial score (nSPS) is 10.3. The van der Waals surface area contributed by atoms with E-state index in [2.05, 4.69) is 4.98 Å². The molecule has 0 fully saturated rings. The van der Waals surface area contributed by atoms with E-state index in [0.29, 0.717) is 0 Å². The third-order valence-electron chi connectivity index (χ3n) is 3.06.